The molecule has 0 amide bonds. The van der Waals surface area contributed by atoms with E-state index in [0.29, 0.717) is 12.2 Å². The molecule has 1 N–H and O–H groups in total. The molecule has 3 nitrogen and oxygen atoms in total. The van der Waals surface area contributed by atoms with Crippen LogP contribution in [0.1, 0.15) is 56.3 Å². The van der Waals surface area contributed by atoms with Gasteiger partial charge in [-0.1, -0.05) is 39.2 Å². The molecule has 19 heavy (non-hydrogen) atoms. The van der Waals surface area contributed by atoms with E-state index in [1.54, 1.807) is 6.07 Å². The molecular weight excluding hydrogens is 238 g/mol. The van der Waals surface area contributed by atoms with Crippen molar-refractivity contribution < 1.29 is 9.53 Å². The van der Waals surface area contributed by atoms with Gasteiger partial charge in [-0.05, 0) is 31.0 Å². The quantitative estimate of drug-likeness (QED) is 0.535. The van der Waals surface area contributed by atoms with Gasteiger partial charge in [-0.3, -0.25) is 0 Å². The first kappa shape index (κ1) is 15.5. The number of esters is 1. The van der Waals surface area contributed by atoms with Crippen LogP contribution in [0.15, 0.2) is 24.3 Å². The Morgan fingerprint density at radius 1 is 1.16 bits per heavy atom. The van der Waals surface area contributed by atoms with Gasteiger partial charge in [-0.15, -0.1) is 0 Å². The Bertz CT molecular complexity index is 377. The molecule has 0 bridgehead atoms. The molecule has 1 aromatic rings. The van der Waals surface area contributed by atoms with E-state index in [9.17, 15) is 4.79 Å². The van der Waals surface area contributed by atoms with Crippen molar-refractivity contribution in [3.05, 3.63) is 29.8 Å². The molecular formula is C16H25NO2. The van der Waals surface area contributed by atoms with E-state index in [2.05, 4.69) is 12.2 Å². The van der Waals surface area contributed by atoms with Crippen LogP contribution in [-0.2, 0) is 4.74 Å². The first-order valence-electron chi connectivity index (χ1n) is 7.29. The van der Waals surface area contributed by atoms with Gasteiger partial charge in [0, 0.05) is 12.2 Å². The highest BCUT2D eigenvalue weighted by Gasteiger charge is 2.06. The molecule has 0 aliphatic carbocycles. The molecule has 1 rings (SSSR count). The maximum absolute atomic E-state index is 11.7. The second-order valence-corrected chi connectivity index (χ2v) is 4.70. The van der Waals surface area contributed by atoms with Gasteiger partial charge in [-0.25, -0.2) is 4.79 Å². The summed E-state index contributed by atoms with van der Waals surface area (Å²) in [5.74, 6) is -0.239. The van der Waals surface area contributed by atoms with Crippen LogP contribution < -0.4 is 5.32 Å². The Morgan fingerprint density at radius 2 is 2.00 bits per heavy atom. The predicted octanol–water partition coefficient (Wildman–Crippen LogP) is 4.25. The number of nitrogens with one attached hydrogen (secondary N) is 1. The molecule has 0 fully saturated rings. The minimum Gasteiger partial charge on any atom is -0.462 e. The summed E-state index contributed by atoms with van der Waals surface area (Å²) in [4.78, 5) is 11.7. The number of carbonyl (C=O) groups excluding carboxylic acids is 1. The standard InChI is InChI=1S/C16H25NO2/c1-3-5-6-7-11-17-15-10-8-9-14(13-15)16(18)19-12-4-2/h8-10,13,17H,3-7,11-12H2,1-2H3. The molecule has 0 radical (unpaired) electrons. The SMILES string of the molecule is CCCCCCNc1cccc(C(=O)OCCC)c1. The summed E-state index contributed by atoms with van der Waals surface area (Å²) < 4.78 is 5.12. The number of hydrogen-bond acceptors (Lipinski definition) is 3. The minimum absolute atomic E-state index is 0.239. The summed E-state index contributed by atoms with van der Waals surface area (Å²) in [6, 6.07) is 7.52. The lowest BCUT2D eigenvalue weighted by molar-refractivity contribution is 0.0505. The summed E-state index contributed by atoms with van der Waals surface area (Å²) in [7, 11) is 0. The van der Waals surface area contributed by atoms with E-state index < -0.39 is 0 Å². The zero-order chi connectivity index (χ0) is 13.9. The lowest BCUT2D eigenvalue weighted by atomic mass is 10.2. The molecule has 0 saturated heterocycles. The van der Waals surface area contributed by atoms with Crippen LogP contribution in [0.3, 0.4) is 0 Å². The highest BCUT2D eigenvalue weighted by Crippen LogP contribution is 2.12. The number of unbranched alkanes of at least 4 members (excludes halogenated alkanes) is 3. The number of ether oxygens (including phenoxy) is 1. The number of carbonyl (C=O) groups is 1. The average Bonchev–Trinajstić information content (AvgIpc) is 2.45. The van der Waals surface area contributed by atoms with Gasteiger partial charge in [-0.2, -0.15) is 0 Å². The van der Waals surface area contributed by atoms with Crippen LogP contribution >= 0.6 is 0 Å². The molecule has 0 aliphatic heterocycles. The van der Waals surface area contributed by atoms with Gasteiger partial charge in [0.05, 0.1) is 12.2 Å². The second kappa shape index (κ2) is 9.42. The summed E-state index contributed by atoms with van der Waals surface area (Å²) in [6.45, 7) is 5.63. The predicted molar refractivity (Wildman–Crippen MR) is 79.6 cm³/mol. The maximum atomic E-state index is 11.7. The minimum atomic E-state index is -0.239. The van der Waals surface area contributed by atoms with Crippen molar-refractivity contribution in [2.45, 2.75) is 46.0 Å². The van der Waals surface area contributed by atoms with Crippen molar-refractivity contribution in [2.75, 3.05) is 18.5 Å². The molecule has 0 aliphatic rings. The molecule has 106 valence electrons. The van der Waals surface area contributed by atoms with Crippen molar-refractivity contribution in [2.24, 2.45) is 0 Å². The Morgan fingerprint density at radius 3 is 2.74 bits per heavy atom. The fourth-order valence-corrected chi connectivity index (χ4v) is 1.82. The number of rotatable bonds is 9. The molecule has 0 saturated carbocycles. The van der Waals surface area contributed by atoms with Gasteiger partial charge < -0.3 is 10.1 Å². The highest BCUT2D eigenvalue weighted by molar-refractivity contribution is 5.90. The Hall–Kier alpha value is -1.51. The Labute approximate surface area is 116 Å². The van der Waals surface area contributed by atoms with Crippen molar-refractivity contribution in [3.8, 4) is 0 Å². The lowest BCUT2D eigenvalue weighted by Gasteiger charge is -2.08. The summed E-state index contributed by atoms with van der Waals surface area (Å²) in [5.41, 5.74) is 1.61. The number of hydrogen-bond donors (Lipinski definition) is 1. The van der Waals surface area contributed by atoms with Crippen LogP contribution in [0.5, 0.6) is 0 Å². The molecule has 0 atom stereocenters. The van der Waals surface area contributed by atoms with E-state index in [-0.39, 0.29) is 5.97 Å². The summed E-state index contributed by atoms with van der Waals surface area (Å²) in [6.07, 6.45) is 5.80. The monoisotopic (exact) mass is 263 g/mol. The fraction of sp³-hybridized carbons (Fsp3) is 0.562. The molecule has 0 aromatic heterocycles. The molecule has 1 aromatic carbocycles. The van der Waals surface area contributed by atoms with Crippen LogP contribution in [0, 0.1) is 0 Å². The van der Waals surface area contributed by atoms with Gasteiger partial charge in [0.15, 0.2) is 0 Å². The van der Waals surface area contributed by atoms with Crippen LogP contribution in [0.25, 0.3) is 0 Å². The van der Waals surface area contributed by atoms with Gasteiger partial charge in [0.2, 0.25) is 0 Å². The van der Waals surface area contributed by atoms with Crippen LogP contribution in [0.4, 0.5) is 5.69 Å². The maximum Gasteiger partial charge on any atom is 0.338 e. The van der Waals surface area contributed by atoms with Gasteiger partial charge in [0.1, 0.15) is 0 Å². The van der Waals surface area contributed by atoms with E-state index in [1.165, 1.54) is 25.7 Å². The van der Waals surface area contributed by atoms with Crippen LogP contribution in [0.2, 0.25) is 0 Å². The largest absolute Gasteiger partial charge is 0.462 e. The zero-order valence-electron chi connectivity index (χ0n) is 12.1. The first-order valence-corrected chi connectivity index (χ1v) is 7.29. The van der Waals surface area contributed by atoms with Crippen LogP contribution in [-0.4, -0.2) is 19.1 Å². The normalized spacial score (nSPS) is 10.2. The van der Waals surface area contributed by atoms with E-state index in [0.717, 1.165) is 18.7 Å². The van der Waals surface area contributed by atoms with Gasteiger partial charge in [0.25, 0.3) is 0 Å². The molecule has 0 spiro atoms. The first-order chi connectivity index (χ1) is 9.27. The highest BCUT2D eigenvalue weighted by atomic mass is 16.5. The number of benzene rings is 1. The second-order valence-electron chi connectivity index (χ2n) is 4.70. The summed E-state index contributed by atoms with van der Waals surface area (Å²) >= 11 is 0. The Kier molecular flexibility index (Phi) is 7.71. The van der Waals surface area contributed by atoms with Gasteiger partial charge >= 0.3 is 5.97 Å². The summed E-state index contributed by atoms with van der Waals surface area (Å²) in [5, 5.41) is 3.35. The van der Waals surface area contributed by atoms with E-state index >= 15 is 0 Å². The topological polar surface area (TPSA) is 38.3 Å². The smallest absolute Gasteiger partial charge is 0.338 e. The van der Waals surface area contributed by atoms with E-state index in [1.807, 2.05) is 25.1 Å². The zero-order valence-corrected chi connectivity index (χ0v) is 12.1. The third kappa shape index (κ3) is 6.27. The van der Waals surface area contributed by atoms with Crippen molar-refractivity contribution >= 4 is 11.7 Å². The number of anilines is 1. The molecule has 3 heteroatoms. The third-order valence-corrected chi connectivity index (χ3v) is 2.90. The van der Waals surface area contributed by atoms with E-state index in [4.69, 9.17) is 4.74 Å². The van der Waals surface area contributed by atoms with Crippen molar-refractivity contribution in [1.29, 1.82) is 0 Å². The fourth-order valence-electron chi connectivity index (χ4n) is 1.82. The van der Waals surface area contributed by atoms with Crippen molar-refractivity contribution in [1.82, 2.24) is 0 Å². The average molecular weight is 263 g/mol. The molecule has 0 unspecified atom stereocenters. The molecule has 0 heterocycles. The third-order valence-electron chi connectivity index (χ3n) is 2.90. The van der Waals surface area contributed by atoms with Crippen molar-refractivity contribution in [3.63, 3.8) is 0 Å². The lowest BCUT2D eigenvalue weighted by Crippen LogP contribution is -2.07. The Balaban J connectivity index is 2.41.